The number of nitrogens with one attached hydrogen (secondary N) is 1. The molecule has 4 nitrogen and oxygen atoms in total. The number of hydrogen-bond donors (Lipinski definition) is 2. The van der Waals surface area contributed by atoms with Crippen LogP contribution in [0.5, 0.6) is 0 Å². The van der Waals surface area contributed by atoms with Crippen LogP contribution in [0.2, 0.25) is 0 Å². The maximum atomic E-state index is 12.3. The van der Waals surface area contributed by atoms with Gasteiger partial charge in [0.05, 0.1) is 0 Å². The largest absolute Gasteiger partial charge is 0.399 e. The van der Waals surface area contributed by atoms with E-state index in [0.29, 0.717) is 22.9 Å². The van der Waals surface area contributed by atoms with Crippen molar-refractivity contribution in [3.8, 4) is 0 Å². The van der Waals surface area contributed by atoms with Crippen LogP contribution in [-0.4, -0.2) is 11.7 Å². The third-order valence-electron chi connectivity index (χ3n) is 4.03. The first-order valence-electron chi connectivity index (χ1n) is 8.63. The number of amides is 1. The van der Waals surface area contributed by atoms with Crippen LogP contribution in [0.4, 0.5) is 11.4 Å². The van der Waals surface area contributed by atoms with Crippen LogP contribution >= 0.6 is 12.4 Å². The first kappa shape index (κ1) is 21.7. The quantitative estimate of drug-likeness (QED) is 0.540. The van der Waals surface area contributed by atoms with Gasteiger partial charge in [0.15, 0.2) is 5.78 Å². The second kappa shape index (κ2) is 9.97. The molecule has 26 heavy (non-hydrogen) atoms. The molecule has 1 amide bonds. The highest BCUT2D eigenvalue weighted by atomic mass is 35.5. The number of hydrogen-bond acceptors (Lipinski definition) is 3. The molecular weight excluding hydrogens is 348 g/mol. The Bertz CT molecular complexity index is 755. The van der Waals surface area contributed by atoms with Crippen LogP contribution in [0, 0.1) is 12.8 Å². The minimum atomic E-state index is -0.182. The first-order valence-corrected chi connectivity index (χ1v) is 8.63. The summed E-state index contributed by atoms with van der Waals surface area (Å²) in [6, 6.07) is 13.0. The molecule has 0 bridgehead atoms. The Kier molecular flexibility index (Phi) is 8.33. The number of halogens is 1. The van der Waals surface area contributed by atoms with Gasteiger partial charge in [-0.2, -0.15) is 0 Å². The number of ketones is 1. The molecular formula is C21H27ClN2O2. The molecule has 2 aromatic rings. The predicted octanol–water partition coefficient (Wildman–Crippen LogP) is 4.80. The van der Waals surface area contributed by atoms with E-state index in [0.717, 1.165) is 12.0 Å². The monoisotopic (exact) mass is 374 g/mol. The SMILES string of the molecule is Cc1ccc(N)cc1NC(=O)CCC(=O)c1ccc(CC(C)C)cc1.Cl. The number of anilines is 2. The Morgan fingerprint density at radius 3 is 2.31 bits per heavy atom. The zero-order valence-electron chi connectivity index (χ0n) is 15.5. The molecule has 0 atom stereocenters. The van der Waals surface area contributed by atoms with Crippen molar-refractivity contribution in [2.24, 2.45) is 5.92 Å². The fraction of sp³-hybridized carbons (Fsp3) is 0.333. The van der Waals surface area contributed by atoms with Gasteiger partial charge in [0, 0.05) is 29.8 Å². The number of benzene rings is 2. The van der Waals surface area contributed by atoms with E-state index in [9.17, 15) is 9.59 Å². The molecule has 140 valence electrons. The standard InChI is InChI=1S/C21H26N2O2.ClH/c1-14(2)12-16-5-7-17(8-6-16)20(24)10-11-21(25)23-19-13-18(22)9-4-15(19)3;/h4-9,13-14H,10-12,22H2,1-3H3,(H,23,25);1H. The van der Waals surface area contributed by atoms with Crippen LogP contribution in [0.25, 0.3) is 0 Å². The normalized spacial score (nSPS) is 10.3. The third kappa shape index (κ3) is 6.52. The van der Waals surface area contributed by atoms with E-state index in [1.165, 1.54) is 5.56 Å². The second-order valence-corrected chi connectivity index (χ2v) is 6.84. The van der Waals surface area contributed by atoms with Crippen molar-refractivity contribution in [1.82, 2.24) is 0 Å². The minimum absolute atomic E-state index is 0. The molecule has 0 heterocycles. The summed E-state index contributed by atoms with van der Waals surface area (Å²) < 4.78 is 0. The summed E-state index contributed by atoms with van der Waals surface area (Å²) in [5.41, 5.74) is 9.84. The van der Waals surface area contributed by atoms with Crippen LogP contribution < -0.4 is 11.1 Å². The van der Waals surface area contributed by atoms with Crippen molar-refractivity contribution in [2.45, 2.75) is 40.0 Å². The highest BCUT2D eigenvalue weighted by Gasteiger charge is 2.11. The molecule has 0 aliphatic carbocycles. The van der Waals surface area contributed by atoms with E-state index in [4.69, 9.17) is 5.73 Å². The summed E-state index contributed by atoms with van der Waals surface area (Å²) in [6.07, 6.45) is 1.34. The maximum Gasteiger partial charge on any atom is 0.224 e. The lowest BCUT2D eigenvalue weighted by molar-refractivity contribution is -0.116. The third-order valence-corrected chi connectivity index (χ3v) is 4.03. The van der Waals surface area contributed by atoms with Crippen LogP contribution in [0.15, 0.2) is 42.5 Å². The first-order chi connectivity index (χ1) is 11.8. The van der Waals surface area contributed by atoms with Gasteiger partial charge in [-0.25, -0.2) is 0 Å². The minimum Gasteiger partial charge on any atom is -0.399 e. The van der Waals surface area contributed by atoms with E-state index in [1.807, 2.05) is 37.3 Å². The van der Waals surface area contributed by atoms with Gasteiger partial charge in [0.1, 0.15) is 0 Å². The zero-order chi connectivity index (χ0) is 18.4. The molecule has 0 saturated carbocycles. The summed E-state index contributed by atoms with van der Waals surface area (Å²) in [5, 5.41) is 2.82. The van der Waals surface area contributed by atoms with Gasteiger partial charge in [-0.1, -0.05) is 44.2 Å². The van der Waals surface area contributed by atoms with Gasteiger partial charge in [-0.3, -0.25) is 9.59 Å². The van der Waals surface area contributed by atoms with Crippen molar-refractivity contribution in [3.63, 3.8) is 0 Å². The molecule has 0 saturated heterocycles. The van der Waals surface area contributed by atoms with Crippen molar-refractivity contribution in [3.05, 3.63) is 59.2 Å². The predicted molar refractivity (Wildman–Crippen MR) is 110 cm³/mol. The lowest BCUT2D eigenvalue weighted by Gasteiger charge is -2.09. The molecule has 3 N–H and O–H groups in total. The number of nitrogen functional groups attached to an aromatic ring is 1. The number of carbonyl (C=O) groups excluding carboxylic acids is 2. The molecule has 0 aromatic heterocycles. The summed E-state index contributed by atoms with van der Waals surface area (Å²) in [7, 11) is 0. The van der Waals surface area contributed by atoms with Crippen molar-refractivity contribution < 1.29 is 9.59 Å². The average Bonchev–Trinajstić information content (AvgIpc) is 2.56. The van der Waals surface area contributed by atoms with E-state index in [-0.39, 0.29) is 36.9 Å². The van der Waals surface area contributed by atoms with Crippen LogP contribution in [-0.2, 0) is 11.2 Å². The van der Waals surface area contributed by atoms with E-state index in [1.54, 1.807) is 12.1 Å². The molecule has 0 aliphatic heterocycles. The van der Waals surface area contributed by atoms with Gasteiger partial charge >= 0.3 is 0 Å². The van der Waals surface area contributed by atoms with Crippen LogP contribution in [0.1, 0.15) is 48.2 Å². The molecule has 2 aromatic carbocycles. The fourth-order valence-corrected chi connectivity index (χ4v) is 2.66. The summed E-state index contributed by atoms with van der Waals surface area (Å²) in [5.74, 6) is 0.384. The lowest BCUT2D eigenvalue weighted by Crippen LogP contribution is -2.14. The van der Waals surface area contributed by atoms with Crippen molar-refractivity contribution >= 4 is 35.5 Å². The second-order valence-electron chi connectivity index (χ2n) is 6.84. The highest BCUT2D eigenvalue weighted by Crippen LogP contribution is 2.19. The van der Waals surface area contributed by atoms with Crippen molar-refractivity contribution in [2.75, 3.05) is 11.1 Å². The average molecular weight is 375 g/mol. The van der Waals surface area contributed by atoms with Crippen LogP contribution in [0.3, 0.4) is 0 Å². The number of nitrogens with two attached hydrogens (primary N) is 1. The lowest BCUT2D eigenvalue weighted by atomic mass is 9.99. The van der Waals surface area contributed by atoms with Gasteiger partial charge in [-0.05, 0) is 42.5 Å². The van der Waals surface area contributed by atoms with Crippen molar-refractivity contribution in [1.29, 1.82) is 0 Å². The van der Waals surface area contributed by atoms with E-state index >= 15 is 0 Å². The Balaban J connectivity index is 0.00000338. The molecule has 0 unspecified atom stereocenters. The van der Waals surface area contributed by atoms with E-state index < -0.39 is 0 Å². The fourth-order valence-electron chi connectivity index (χ4n) is 2.66. The molecule has 0 fully saturated rings. The topological polar surface area (TPSA) is 72.2 Å². The number of Topliss-reactive ketones (excluding diaryl/α,β-unsaturated/α-hetero) is 1. The number of aryl methyl sites for hydroxylation is 1. The van der Waals surface area contributed by atoms with Gasteiger partial charge in [0.25, 0.3) is 0 Å². The Morgan fingerprint density at radius 2 is 1.69 bits per heavy atom. The van der Waals surface area contributed by atoms with Gasteiger partial charge in [-0.15, -0.1) is 12.4 Å². The highest BCUT2D eigenvalue weighted by molar-refractivity contribution is 6.00. The smallest absolute Gasteiger partial charge is 0.224 e. The van der Waals surface area contributed by atoms with E-state index in [2.05, 4.69) is 19.2 Å². The Hall–Kier alpha value is -2.33. The molecule has 5 heteroatoms. The molecule has 0 aliphatic rings. The molecule has 2 rings (SSSR count). The Morgan fingerprint density at radius 1 is 1.04 bits per heavy atom. The molecule has 0 spiro atoms. The zero-order valence-corrected chi connectivity index (χ0v) is 16.4. The number of rotatable bonds is 7. The summed E-state index contributed by atoms with van der Waals surface area (Å²) in [4.78, 5) is 24.3. The summed E-state index contributed by atoms with van der Waals surface area (Å²) >= 11 is 0. The molecule has 0 radical (unpaired) electrons. The summed E-state index contributed by atoms with van der Waals surface area (Å²) in [6.45, 7) is 6.23. The Labute approximate surface area is 161 Å². The van der Waals surface area contributed by atoms with Gasteiger partial charge in [0.2, 0.25) is 5.91 Å². The maximum absolute atomic E-state index is 12.3. The van der Waals surface area contributed by atoms with Gasteiger partial charge < -0.3 is 11.1 Å². The number of carbonyl (C=O) groups is 2.